The third-order valence-corrected chi connectivity index (χ3v) is 7.10. The Morgan fingerprint density at radius 3 is 2.81 bits per heavy atom. The van der Waals surface area contributed by atoms with E-state index in [0.717, 1.165) is 19.3 Å². The van der Waals surface area contributed by atoms with Crippen LogP contribution in [0.1, 0.15) is 58.8 Å². The zero-order chi connectivity index (χ0) is 18.4. The molecule has 2 heterocycles. The fraction of sp³-hybridized carbons (Fsp3) is 0.560. The van der Waals surface area contributed by atoms with Crippen LogP contribution in [-0.4, -0.2) is 11.8 Å². The maximum Gasteiger partial charge on any atom is 0.108 e. The van der Waals surface area contributed by atoms with E-state index in [9.17, 15) is 0 Å². The van der Waals surface area contributed by atoms with Crippen LogP contribution in [0.25, 0.3) is 0 Å². The average molecular weight is 362 g/mol. The van der Waals surface area contributed by atoms with Gasteiger partial charge < -0.3 is 4.74 Å². The number of fused-ring (bicyclic) bond motifs is 2. The van der Waals surface area contributed by atoms with E-state index in [2.05, 4.69) is 50.3 Å². The van der Waals surface area contributed by atoms with Gasteiger partial charge in [-0.15, -0.1) is 0 Å². The lowest BCUT2D eigenvalue weighted by atomic mass is 9.74. The van der Waals surface area contributed by atoms with Crippen LogP contribution < -0.4 is 0 Å². The second kappa shape index (κ2) is 6.96. The first-order valence-corrected chi connectivity index (χ1v) is 10.9. The third-order valence-electron chi connectivity index (χ3n) is 7.10. The Bertz CT molecular complexity index is 804. The Hall–Kier alpha value is -1.83. The molecule has 0 amide bonds. The van der Waals surface area contributed by atoms with E-state index >= 15 is 0 Å². The molecule has 0 spiro atoms. The molecule has 2 heteroatoms. The second-order valence-electron chi connectivity index (χ2n) is 9.11. The summed E-state index contributed by atoms with van der Waals surface area (Å²) in [6.07, 6.45) is 21.9. The van der Waals surface area contributed by atoms with E-state index in [4.69, 9.17) is 9.73 Å². The van der Waals surface area contributed by atoms with Gasteiger partial charge in [0.05, 0.1) is 6.04 Å². The van der Waals surface area contributed by atoms with Crippen LogP contribution in [-0.2, 0) is 4.74 Å². The molecule has 2 aliphatic heterocycles. The van der Waals surface area contributed by atoms with E-state index in [-0.39, 0.29) is 0 Å². The number of nitrogens with zero attached hydrogens (tertiary/aromatic N) is 1. The quantitative estimate of drug-likeness (QED) is 0.578. The predicted octanol–water partition coefficient (Wildman–Crippen LogP) is 6.29. The molecule has 4 unspecified atom stereocenters. The summed E-state index contributed by atoms with van der Waals surface area (Å²) in [4.78, 5) is 5.37. The summed E-state index contributed by atoms with van der Waals surface area (Å²) in [5, 5.41) is 0. The van der Waals surface area contributed by atoms with Gasteiger partial charge in [-0.25, -0.2) is 0 Å². The topological polar surface area (TPSA) is 21.6 Å². The number of hydrogen-bond acceptors (Lipinski definition) is 2. The molecule has 0 fully saturated rings. The minimum Gasteiger partial charge on any atom is -0.465 e. The molecule has 27 heavy (non-hydrogen) atoms. The lowest BCUT2D eigenvalue weighted by Gasteiger charge is -2.29. The molecule has 0 radical (unpaired) electrons. The third kappa shape index (κ3) is 3.07. The van der Waals surface area contributed by atoms with Gasteiger partial charge in [0.15, 0.2) is 0 Å². The molecule has 5 rings (SSSR count). The molecule has 2 nitrogen and oxygen atoms in total. The highest BCUT2D eigenvalue weighted by atomic mass is 16.5. The Labute approximate surface area is 163 Å². The largest absolute Gasteiger partial charge is 0.465 e. The molecule has 5 aliphatic rings. The maximum absolute atomic E-state index is 6.20. The molecule has 0 saturated carbocycles. The monoisotopic (exact) mass is 361 g/mol. The summed E-state index contributed by atoms with van der Waals surface area (Å²) in [5.74, 6) is 4.82. The number of hydrogen-bond donors (Lipinski definition) is 0. The minimum atomic E-state index is 0.423. The van der Waals surface area contributed by atoms with E-state index in [0.29, 0.717) is 29.7 Å². The van der Waals surface area contributed by atoms with E-state index in [1.165, 1.54) is 48.5 Å². The number of aliphatic imine (C=N–C) groups is 1. The SMILES string of the molecule is CC(C)C1CC(C2=CC=CCC2)N=C1C1CC=C2OC3=C(C=CCC3)C2C1. The fourth-order valence-corrected chi connectivity index (χ4v) is 5.60. The predicted molar refractivity (Wildman–Crippen MR) is 111 cm³/mol. The molecule has 4 atom stereocenters. The van der Waals surface area contributed by atoms with Crippen LogP contribution in [0, 0.1) is 23.7 Å². The smallest absolute Gasteiger partial charge is 0.108 e. The van der Waals surface area contributed by atoms with Crippen LogP contribution in [0.5, 0.6) is 0 Å². The zero-order valence-electron chi connectivity index (χ0n) is 16.7. The normalized spacial score (nSPS) is 34.9. The second-order valence-corrected chi connectivity index (χ2v) is 9.11. The summed E-state index contributed by atoms with van der Waals surface area (Å²) in [7, 11) is 0. The van der Waals surface area contributed by atoms with Crippen molar-refractivity contribution in [2.45, 2.75) is 64.8 Å². The van der Waals surface area contributed by atoms with Crippen LogP contribution in [0.4, 0.5) is 0 Å². The van der Waals surface area contributed by atoms with Crippen LogP contribution in [0.3, 0.4) is 0 Å². The van der Waals surface area contributed by atoms with Gasteiger partial charge in [-0.05, 0) is 56.1 Å². The maximum atomic E-state index is 6.20. The van der Waals surface area contributed by atoms with Crippen molar-refractivity contribution in [1.29, 1.82) is 0 Å². The van der Waals surface area contributed by atoms with Crippen molar-refractivity contribution in [2.24, 2.45) is 28.7 Å². The number of rotatable bonds is 3. The van der Waals surface area contributed by atoms with Crippen molar-refractivity contribution in [3.8, 4) is 0 Å². The minimum absolute atomic E-state index is 0.423. The zero-order valence-corrected chi connectivity index (χ0v) is 16.7. The highest BCUT2D eigenvalue weighted by Gasteiger charge is 2.41. The van der Waals surface area contributed by atoms with Gasteiger partial charge in [0.2, 0.25) is 0 Å². The first kappa shape index (κ1) is 17.3. The number of ether oxygens (including phenoxy) is 1. The summed E-state index contributed by atoms with van der Waals surface area (Å²) < 4.78 is 6.20. The lowest BCUT2D eigenvalue weighted by Crippen LogP contribution is -2.28. The van der Waals surface area contributed by atoms with Crippen molar-refractivity contribution in [3.05, 3.63) is 59.1 Å². The fourth-order valence-electron chi connectivity index (χ4n) is 5.60. The molecule has 0 N–H and O–H groups in total. The van der Waals surface area contributed by atoms with Gasteiger partial charge in [-0.1, -0.05) is 44.2 Å². The molecular weight excluding hydrogens is 330 g/mol. The highest BCUT2D eigenvalue weighted by molar-refractivity contribution is 5.91. The van der Waals surface area contributed by atoms with Crippen molar-refractivity contribution in [3.63, 3.8) is 0 Å². The van der Waals surface area contributed by atoms with E-state index in [1.54, 1.807) is 5.57 Å². The molecule has 0 aromatic heterocycles. The lowest BCUT2D eigenvalue weighted by molar-refractivity contribution is 0.273. The van der Waals surface area contributed by atoms with Crippen molar-refractivity contribution < 1.29 is 4.74 Å². The van der Waals surface area contributed by atoms with Gasteiger partial charge in [0.1, 0.15) is 11.5 Å². The Kier molecular flexibility index (Phi) is 4.46. The molecule has 0 bridgehead atoms. The average Bonchev–Trinajstić information content (AvgIpc) is 3.30. The molecule has 3 aliphatic carbocycles. The number of allylic oxidation sites excluding steroid dienone is 8. The Morgan fingerprint density at radius 1 is 1.11 bits per heavy atom. The molecule has 0 saturated heterocycles. The van der Waals surface area contributed by atoms with Gasteiger partial charge in [-0.2, -0.15) is 0 Å². The van der Waals surface area contributed by atoms with E-state index < -0.39 is 0 Å². The van der Waals surface area contributed by atoms with Crippen molar-refractivity contribution >= 4 is 5.71 Å². The Morgan fingerprint density at radius 2 is 2.00 bits per heavy atom. The molecule has 0 aromatic rings. The summed E-state index contributed by atoms with van der Waals surface area (Å²) in [6.45, 7) is 4.76. The van der Waals surface area contributed by atoms with Crippen molar-refractivity contribution in [2.75, 3.05) is 0 Å². The van der Waals surface area contributed by atoms with Crippen LogP contribution in [0.15, 0.2) is 64.1 Å². The van der Waals surface area contributed by atoms with Gasteiger partial charge >= 0.3 is 0 Å². The summed E-state index contributed by atoms with van der Waals surface area (Å²) in [5.41, 5.74) is 4.51. The molecule has 142 valence electrons. The molecule has 0 aromatic carbocycles. The van der Waals surface area contributed by atoms with Crippen molar-refractivity contribution in [1.82, 2.24) is 0 Å². The van der Waals surface area contributed by atoms with Gasteiger partial charge in [0, 0.05) is 35.5 Å². The van der Waals surface area contributed by atoms with Gasteiger partial charge in [-0.3, -0.25) is 4.99 Å². The summed E-state index contributed by atoms with van der Waals surface area (Å²) in [6, 6.07) is 0.423. The first-order valence-electron chi connectivity index (χ1n) is 10.9. The standard InChI is InChI=1S/C25H31NO/c1-16(2)20-15-22(17-8-4-3-5-9-17)26-25(20)18-12-13-24-21(14-18)19-10-6-7-11-23(19)27-24/h3-4,6,8,10,13,16,18,20-22H,5,7,9,11-12,14-15H2,1-2H3. The van der Waals surface area contributed by atoms with E-state index in [1.807, 2.05) is 0 Å². The van der Waals surface area contributed by atoms with Gasteiger partial charge in [0.25, 0.3) is 0 Å². The first-order chi connectivity index (χ1) is 13.2. The Balaban J connectivity index is 1.41. The summed E-state index contributed by atoms with van der Waals surface area (Å²) >= 11 is 0. The molecular formula is C25H31NO. The highest BCUT2D eigenvalue weighted by Crippen LogP contribution is 2.48. The van der Waals surface area contributed by atoms with Crippen LogP contribution >= 0.6 is 0 Å². The van der Waals surface area contributed by atoms with Crippen LogP contribution in [0.2, 0.25) is 0 Å².